The molecular weight excluding hydrogens is 423 g/mol. The van der Waals surface area contributed by atoms with E-state index in [1.54, 1.807) is 24.3 Å². The summed E-state index contributed by atoms with van der Waals surface area (Å²) in [6.07, 6.45) is 1.52. The molecule has 0 N–H and O–H groups in total. The fourth-order valence-corrected chi connectivity index (χ4v) is 4.27. The van der Waals surface area contributed by atoms with Crippen LogP contribution in [0, 0.1) is 6.92 Å². The normalized spacial score (nSPS) is 20.2. The van der Waals surface area contributed by atoms with Crippen molar-refractivity contribution in [3.8, 4) is 0 Å². The minimum absolute atomic E-state index is 0.0439. The van der Waals surface area contributed by atoms with Gasteiger partial charge < -0.3 is 9.47 Å². The van der Waals surface area contributed by atoms with Gasteiger partial charge in [-0.1, -0.05) is 47.0 Å². The molecule has 2 aromatic carbocycles. The van der Waals surface area contributed by atoms with Gasteiger partial charge in [-0.15, -0.1) is 0 Å². The van der Waals surface area contributed by atoms with Crippen LogP contribution in [0.3, 0.4) is 0 Å². The molecule has 0 bridgehead atoms. The van der Waals surface area contributed by atoms with Crippen LogP contribution < -0.4 is 0 Å². The Kier molecular flexibility index (Phi) is 7.36. The topological polar surface area (TPSA) is 61.8 Å². The summed E-state index contributed by atoms with van der Waals surface area (Å²) in [5.74, 6) is 0. The average molecular weight is 445 g/mol. The maximum absolute atomic E-state index is 12.3. The average Bonchev–Trinajstić information content (AvgIpc) is 2.66. The van der Waals surface area contributed by atoms with E-state index < -0.39 is 16.4 Å². The molecule has 3 rings (SSSR count). The van der Waals surface area contributed by atoms with Crippen LogP contribution in [-0.4, -0.2) is 27.4 Å². The molecule has 0 amide bonds. The molecular formula is C20H22Cl2O5S. The Hall–Kier alpha value is -1.15. The van der Waals surface area contributed by atoms with Gasteiger partial charge in [-0.2, -0.15) is 8.42 Å². The summed E-state index contributed by atoms with van der Waals surface area (Å²) in [6.45, 7) is 2.14. The van der Waals surface area contributed by atoms with Gasteiger partial charge in [0.1, 0.15) is 0 Å². The zero-order chi connectivity index (χ0) is 20.1. The van der Waals surface area contributed by atoms with Crippen molar-refractivity contribution < 1.29 is 22.1 Å². The number of rotatable bonds is 7. The molecule has 1 aliphatic heterocycles. The molecule has 0 aliphatic carbocycles. The largest absolute Gasteiger partial charge is 0.348 e. The Morgan fingerprint density at radius 1 is 1.11 bits per heavy atom. The van der Waals surface area contributed by atoms with E-state index in [-0.39, 0.29) is 24.2 Å². The first-order valence-electron chi connectivity index (χ1n) is 9.00. The van der Waals surface area contributed by atoms with Crippen LogP contribution in [-0.2, 0) is 30.4 Å². The third-order valence-corrected chi connectivity index (χ3v) is 6.35. The Bertz CT molecular complexity index is 899. The van der Waals surface area contributed by atoms with Crippen molar-refractivity contribution in [1.82, 2.24) is 0 Å². The Labute approximate surface area is 175 Å². The van der Waals surface area contributed by atoms with Gasteiger partial charge in [0.25, 0.3) is 10.1 Å². The fraction of sp³-hybridized carbons (Fsp3) is 0.400. The van der Waals surface area contributed by atoms with E-state index in [9.17, 15) is 8.42 Å². The van der Waals surface area contributed by atoms with Gasteiger partial charge in [-0.05, 0) is 56.0 Å². The van der Waals surface area contributed by atoms with Gasteiger partial charge in [-0.25, -0.2) is 0 Å². The Balaban J connectivity index is 1.51. The predicted molar refractivity (Wildman–Crippen MR) is 108 cm³/mol. The van der Waals surface area contributed by atoms with Crippen LogP contribution >= 0.6 is 23.2 Å². The van der Waals surface area contributed by atoms with E-state index in [4.69, 9.17) is 36.9 Å². The van der Waals surface area contributed by atoms with Crippen LogP contribution in [0.1, 0.15) is 30.4 Å². The predicted octanol–water partition coefficient (Wildman–Crippen LogP) is 5.12. The summed E-state index contributed by atoms with van der Waals surface area (Å²) in [6, 6.07) is 11.8. The van der Waals surface area contributed by atoms with Crippen molar-refractivity contribution in [3.05, 3.63) is 63.6 Å². The summed E-state index contributed by atoms with van der Waals surface area (Å²) in [5.41, 5.74) is 1.80. The molecule has 0 aromatic heterocycles. The van der Waals surface area contributed by atoms with E-state index >= 15 is 0 Å². The maximum atomic E-state index is 12.3. The molecule has 5 nitrogen and oxygen atoms in total. The molecule has 8 heteroatoms. The van der Waals surface area contributed by atoms with Gasteiger partial charge >= 0.3 is 0 Å². The molecule has 0 saturated carbocycles. The van der Waals surface area contributed by atoms with E-state index in [1.807, 2.05) is 13.0 Å². The SMILES string of the molecule is Cc1ccc(S(=O)(=O)OCC2CCCC(OCc3ccc(Cl)cc3Cl)O2)cc1. The van der Waals surface area contributed by atoms with E-state index in [0.717, 1.165) is 24.0 Å². The minimum Gasteiger partial charge on any atom is -0.348 e. The highest BCUT2D eigenvalue weighted by Gasteiger charge is 2.26. The van der Waals surface area contributed by atoms with E-state index in [2.05, 4.69) is 0 Å². The molecule has 2 atom stereocenters. The fourth-order valence-electron chi connectivity index (χ4n) is 2.87. The summed E-state index contributed by atoms with van der Waals surface area (Å²) >= 11 is 12.0. The molecule has 0 spiro atoms. The molecule has 2 unspecified atom stereocenters. The lowest BCUT2D eigenvalue weighted by molar-refractivity contribution is -0.204. The molecule has 28 heavy (non-hydrogen) atoms. The van der Waals surface area contributed by atoms with Crippen LogP contribution in [0.2, 0.25) is 10.0 Å². The highest BCUT2D eigenvalue weighted by molar-refractivity contribution is 7.86. The number of halogens is 2. The third-order valence-electron chi connectivity index (χ3n) is 4.47. The summed E-state index contributed by atoms with van der Waals surface area (Å²) in [7, 11) is -3.81. The first kappa shape index (κ1) is 21.6. The van der Waals surface area contributed by atoms with Crippen LogP contribution in [0.5, 0.6) is 0 Å². The van der Waals surface area contributed by atoms with Crippen LogP contribution in [0.4, 0.5) is 0 Å². The summed E-state index contributed by atoms with van der Waals surface area (Å²) in [5, 5.41) is 1.10. The van der Waals surface area contributed by atoms with Crippen molar-refractivity contribution in [1.29, 1.82) is 0 Å². The zero-order valence-corrected chi connectivity index (χ0v) is 17.8. The summed E-state index contributed by atoms with van der Waals surface area (Å²) in [4.78, 5) is 0.138. The lowest BCUT2D eigenvalue weighted by Crippen LogP contribution is -2.33. The zero-order valence-electron chi connectivity index (χ0n) is 15.4. The molecule has 0 radical (unpaired) electrons. The van der Waals surface area contributed by atoms with Crippen molar-refractivity contribution in [2.24, 2.45) is 0 Å². The Morgan fingerprint density at radius 2 is 1.86 bits per heavy atom. The number of ether oxygens (including phenoxy) is 2. The first-order valence-corrected chi connectivity index (χ1v) is 11.2. The lowest BCUT2D eigenvalue weighted by atomic mass is 10.1. The van der Waals surface area contributed by atoms with Gasteiger partial charge in [0.15, 0.2) is 6.29 Å². The highest BCUT2D eigenvalue weighted by Crippen LogP contribution is 2.25. The standard InChI is InChI=1S/C20H22Cl2O5S/c1-14-5-9-18(10-6-14)28(23,24)26-13-17-3-2-4-20(27-17)25-12-15-7-8-16(21)11-19(15)22/h5-11,17,20H,2-4,12-13H2,1H3. The van der Waals surface area contributed by atoms with Crippen molar-refractivity contribution >= 4 is 33.3 Å². The minimum atomic E-state index is -3.81. The van der Waals surface area contributed by atoms with Crippen LogP contribution in [0.15, 0.2) is 47.4 Å². The molecule has 2 aromatic rings. The van der Waals surface area contributed by atoms with Gasteiger partial charge in [0, 0.05) is 10.0 Å². The molecule has 1 aliphatic rings. The van der Waals surface area contributed by atoms with Crippen molar-refractivity contribution in [2.75, 3.05) is 6.61 Å². The van der Waals surface area contributed by atoms with Gasteiger partial charge in [0.2, 0.25) is 0 Å². The number of hydrogen-bond acceptors (Lipinski definition) is 5. The second-order valence-corrected chi connectivity index (χ2v) is 9.18. The van der Waals surface area contributed by atoms with Crippen LogP contribution in [0.25, 0.3) is 0 Å². The maximum Gasteiger partial charge on any atom is 0.297 e. The number of aryl methyl sites for hydroxylation is 1. The Morgan fingerprint density at radius 3 is 2.57 bits per heavy atom. The summed E-state index contributed by atoms with van der Waals surface area (Å²) < 4.78 is 41.4. The molecule has 1 fully saturated rings. The third kappa shape index (κ3) is 5.92. The second kappa shape index (κ2) is 9.57. The number of hydrogen-bond donors (Lipinski definition) is 0. The molecule has 1 heterocycles. The van der Waals surface area contributed by atoms with E-state index in [1.165, 1.54) is 12.1 Å². The first-order chi connectivity index (χ1) is 13.3. The quantitative estimate of drug-likeness (QED) is 0.554. The van der Waals surface area contributed by atoms with Gasteiger partial charge in [-0.3, -0.25) is 4.18 Å². The lowest BCUT2D eigenvalue weighted by Gasteiger charge is -2.29. The highest BCUT2D eigenvalue weighted by atomic mass is 35.5. The molecule has 152 valence electrons. The van der Waals surface area contributed by atoms with Crippen molar-refractivity contribution in [2.45, 2.75) is 50.1 Å². The number of benzene rings is 2. The smallest absolute Gasteiger partial charge is 0.297 e. The second-order valence-electron chi connectivity index (χ2n) is 6.72. The van der Waals surface area contributed by atoms with E-state index in [0.29, 0.717) is 16.5 Å². The molecule has 1 saturated heterocycles. The van der Waals surface area contributed by atoms with Crippen molar-refractivity contribution in [3.63, 3.8) is 0 Å². The monoisotopic (exact) mass is 444 g/mol. The van der Waals surface area contributed by atoms with Gasteiger partial charge in [0.05, 0.1) is 24.2 Å².